The van der Waals surface area contributed by atoms with E-state index in [0.717, 1.165) is 30.7 Å². The lowest BCUT2D eigenvalue weighted by atomic mass is 9.94. The van der Waals surface area contributed by atoms with Gasteiger partial charge in [-0.25, -0.2) is 4.98 Å². The van der Waals surface area contributed by atoms with Gasteiger partial charge in [0, 0.05) is 6.42 Å². The van der Waals surface area contributed by atoms with Gasteiger partial charge in [0.25, 0.3) is 0 Å². The van der Waals surface area contributed by atoms with E-state index >= 15 is 0 Å². The molecule has 0 aliphatic carbocycles. The molecule has 1 unspecified atom stereocenters. The smallest absolute Gasteiger partial charge is 0.120 e. The molecule has 2 aromatic rings. The van der Waals surface area contributed by atoms with Crippen LogP contribution in [-0.2, 0) is 6.42 Å². The van der Waals surface area contributed by atoms with Crippen molar-refractivity contribution in [1.29, 1.82) is 0 Å². The normalized spacial score (nSPS) is 13.1. The number of thiazole rings is 1. The van der Waals surface area contributed by atoms with Crippen LogP contribution in [0.3, 0.4) is 0 Å². The standard InChI is InChI=1S/C16H24N2OS/c1-4-19-13-5-6-14-15(9-13)20-16(18-14)8-12(10-17)7-11(2)3/h5-6,9,11-12H,4,7-8,10,17H2,1-3H3. The van der Waals surface area contributed by atoms with E-state index in [-0.39, 0.29) is 0 Å². The monoisotopic (exact) mass is 292 g/mol. The van der Waals surface area contributed by atoms with Gasteiger partial charge in [-0.15, -0.1) is 11.3 Å². The number of rotatable bonds is 7. The summed E-state index contributed by atoms with van der Waals surface area (Å²) in [7, 11) is 0. The number of hydrogen-bond donors (Lipinski definition) is 1. The summed E-state index contributed by atoms with van der Waals surface area (Å²) in [5.41, 5.74) is 6.95. The Kier molecular flexibility index (Phi) is 5.38. The van der Waals surface area contributed by atoms with Gasteiger partial charge in [0.1, 0.15) is 5.75 Å². The summed E-state index contributed by atoms with van der Waals surface area (Å²) in [5.74, 6) is 2.14. The van der Waals surface area contributed by atoms with E-state index in [9.17, 15) is 0 Å². The summed E-state index contributed by atoms with van der Waals surface area (Å²) in [5, 5.41) is 1.18. The fourth-order valence-electron chi connectivity index (χ4n) is 2.47. The van der Waals surface area contributed by atoms with Gasteiger partial charge in [-0.05, 0) is 49.9 Å². The maximum Gasteiger partial charge on any atom is 0.120 e. The van der Waals surface area contributed by atoms with Crippen molar-refractivity contribution in [3.8, 4) is 5.75 Å². The quantitative estimate of drug-likeness (QED) is 0.843. The zero-order valence-electron chi connectivity index (χ0n) is 12.6. The highest BCUT2D eigenvalue weighted by Gasteiger charge is 2.13. The summed E-state index contributed by atoms with van der Waals surface area (Å²) in [6, 6.07) is 6.12. The summed E-state index contributed by atoms with van der Waals surface area (Å²) in [6.45, 7) is 7.92. The molecule has 1 aromatic heterocycles. The minimum atomic E-state index is 0.530. The highest BCUT2D eigenvalue weighted by atomic mass is 32.1. The van der Waals surface area contributed by atoms with Gasteiger partial charge in [0.15, 0.2) is 0 Å². The van der Waals surface area contributed by atoms with E-state index in [1.165, 1.54) is 9.71 Å². The Labute approximate surface area is 125 Å². The molecule has 1 atom stereocenters. The average molecular weight is 292 g/mol. The molecular weight excluding hydrogens is 268 g/mol. The van der Waals surface area contributed by atoms with Gasteiger partial charge in [0.05, 0.1) is 21.8 Å². The Hall–Kier alpha value is -1.13. The maximum atomic E-state index is 5.88. The molecule has 0 amide bonds. The lowest BCUT2D eigenvalue weighted by Crippen LogP contribution is -2.18. The largest absolute Gasteiger partial charge is 0.494 e. The molecule has 3 nitrogen and oxygen atoms in total. The number of hydrogen-bond acceptors (Lipinski definition) is 4. The van der Waals surface area contributed by atoms with Crippen LogP contribution in [0.4, 0.5) is 0 Å². The van der Waals surface area contributed by atoms with Crippen molar-refractivity contribution >= 4 is 21.6 Å². The Bertz CT molecular complexity index is 550. The molecular formula is C16H24N2OS. The summed E-state index contributed by atoms with van der Waals surface area (Å²) >= 11 is 1.76. The summed E-state index contributed by atoms with van der Waals surface area (Å²) in [6.07, 6.45) is 2.15. The predicted octanol–water partition coefficient (Wildman–Crippen LogP) is 3.86. The summed E-state index contributed by atoms with van der Waals surface area (Å²) in [4.78, 5) is 4.72. The predicted molar refractivity (Wildman–Crippen MR) is 86.5 cm³/mol. The van der Waals surface area contributed by atoms with Crippen LogP contribution in [0.25, 0.3) is 10.2 Å². The third-order valence-electron chi connectivity index (χ3n) is 3.32. The molecule has 1 heterocycles. The minimum absolute atomic E-state index is 0.530. The van der Waals surface area contributed by atoms with Crippen LogP contribution in [-0.4, -0.2) is 18.1 Å². The van der Waals surface area contributed by atoms with Crippen molar-refractivity contribution in [2.75, 3.05) is 13.2 Å². The topological polar surface area (TPSA) is 48.1 Å². The van der Waals surface area contributed by atoms with Crippen LogP contribution in [0.1, 0.15) is 32.2 Å². The molecule has 20 heavy (non-hydrogen) atoms. The first-order valence-corrected chi connectivity index (χ1v) is 8.16. The van der Waals surface area contributed by atoms with Gasteiger partial charge in [-0.3, -0.25) is 0 Å². The van der Waals surface area contributed by atoms with Gasteiger partial charge < -0.3 is 10.5 Å². The molecule has 0 aliphatic rings. The molecule has 0 aliphatic heterocycles. The molecule has 0 saturated heterocycles. The molecule has 1 aromatic carbocycles. The lowest BCUT2D eigenvalue weighted by molar-refractivity contribution is 0.341. The second kappa shape index (κ2) is 7.04. The van der Waals surface area contributed by atoms with Crippen molar-refractivity contribution in [2.24, 2.45) is 17.6 Å². The molecule has 0 bridgehead atoms. The van der Waals surface area contributed by atoms with Gasteiger partial charge in [0.2, 0.25) is 0 Å². The maximum absolute atomic E-state index is 5.88. The van der Waals surface area contributed by atoms with E-state index in [1.807, 2.05) is 19.1 Å². The first kappa shape index (κ1) is 15.3. The second-order valence-corrected chi connectivity index (χ2v) is 6.72. The Morgan fingerprint density at radius 1 is 1.35 bits per heavy atom. The van der Waals surface area contributed by atoms with Crippen LogP contribution >= 0.6 is 11.3 Å². The first-order valence-electron chi connectivity index (χ1n) is 7.34. The fourth-order valence-corrected chi connectivity index (χ4v) is 3.58. The third-order valence-corrected chi connectivity index (χ3v) is 4.36. The molecule has 4 heteroatoms. The van der Waals surface area contributed by atoms with Gasteiger partial charge >= 0.3 is 0 Å². The number of ether oxygens (including phenoxy) is 1. The second-order valence-electron chi connectivity index (χ2n) is 5.61. The van der Waals surface area contributed by atoms with Gasteiger partial charge in [-0.2, -0.15) is 0 Å². The molecule has 2 rings (SSSR count). The van der Waals surface area contributed by atoms with E-state index in [4.69, 9.17) is 15.5 Å². The first-order chi connectivity index (χ1) is 9.62. The minimum Gasteiger partial charge on any atom is -0.494 e. The number of nitrogens with two attached hydrogens (primary N) is 1. The number of nitrogens with zero attached hydrogens (tertiary/aromatic N) is 1. The van der Waals surface area contributed by atoms with Crippen molar-refractivity contribution in [3.63, 3.8) is 0 Å². The lowest BCUT2D eigenvalue weighted by Gasteiger charge is -2.15. The molecule has 110 valence electrons. The van der Waals surface area contributed by atoms with E-state index in [1.54, 1.807) is 11.3 Å². The fraction of sp³-hybridized carbons (Fsp3) is 0.562. The van der Waals surface area contributed by atoms with E-state index in [0.29, 0.717) is 18.4 Å². The van der Waals surface area contributed by atoms with E-state index < -0.39 is 0 Å². The number of benzene rings is 1. The molecule has 0 radical (unpaired) electrons. The van der Waals surface area contributed by atoms with Gasteiger partial charge in [-0.1, -0.05) is 13.8 Å². The van der Waals surface area contributed by atoms with Crippen LogP contribution in [0, 0.1) is 11.8 Å². The van der Waals surface area contributed by atoms with Crippen LogP contribution in [0.5, 0.6) is 5.75 Å². The average Bonchev–Trinajstić information content (AvgIpc) is 2.79. The zero-order valence-corrected chi connectivity index (χ0v) is 13.4. The number of fused-ring (bicyclic) bond motifs is 1. The Morgan fingerprint density at radius 2 is 2.15 bits per heavy atom. The van der Waals surface area contributed by atoms with Crippen molar-refractivity contribution in [3.05, 3.63) is 23.2 Å². The molecule has 0 fully saturated rings. The van der Waals surface area contributed by atoms with Crippen molar-refractivity contribution in [2.45, 2.75) is 33.6 Å². The number of aromatic nitrogens is 1. The Morgan fingerprint density at radius 3 is 2.80 bits per heavy atom. The Balaban J connectivity index is 2.14. The summed E-state index contributed by atoms with van der Waals surface area (Å²) < 4.78 is 6.74. The molecule has 0 spiro atoms. The van der Waals surface area contributed by atoms with Crippen molar-refractivity contribution in [1.82, 2.24) is 4.98 Å². The highest BCUT2D eigenvalue weighted by molar-refractivity contribution is 7.18. The van der Waals surface area contributed by atoms with Crippen LogP contribution in [0.15, 0.2) is 18.2 Å². The zero-order chi connectivity index (χ0) is 14.5. The van der Waals surface area contributed by atoms with E-state index in [2.05, 4.69) is 19.9 Å². The third kappa shape index (κ3) is 3.93. The van der Waals surface area contributed by atoms with Crippen LogP contribution < -0.4 is 10.5 Å². The molecule has 2 N–H and O–H groups in total. The SMILES string of the molecule is CCOc1ccc2nc(CC(CN)CC(C)C)sc2c1. The van der Waals surface area contributed by atoms with Crippen LogP contribution in [0.2, 0.25) is 0 Å². The van der Waals surface area contributed by atoms with Crippen molar-refractivity contribution < 1.29 is 4.74 Å². The molecule has 0 saturated carbocycles. The highest BCUT2D eigenvalue weighted by Crippen LogP contribution is 2.28.